The van der Waals surface area contributed by atoms with E-state index in [0.717, 1.165) is 58.4 Å². The number of aromatic nitrogens is 1. The van der Waals surface area contributed by atoms with Gasteiger partial charge in [-0.05, 0) is 25.5 Å². The van der Waals surface area contributed by atoms with Gasteiger partial charge in [0, 0.05) is 44.8 Å². The molecule has 0 aliphatic carbocycles. The lowest BCUT2D eigenvalue weighted by Crippen LogP contribution is -2.48. The van der Waals surface area contributed by atoms with Crippen LogP contribution < -0.4 is 0 Å². The Bertz CT molecular complexity index is 878. The number of nitrogens with zero attached hydrogens (tertiary/aromatic N) is 4. The number of carbonyl (C=O) groups excluding carboxylic acids is 2. The van der Waals surface area contributed by atoms with E-state index in [1.807, 2.05) is 34.1 Å². The summed E-state index contributed by atoms with van der Waals surface area (Å²) >= 11 is 0. The van der Waals surface area contributed by atoms with Gasteiger partial charge in [-0.3, -0.25) is 9.59 Å². The van der Waals surface area contributed by atoms with Crippen LogP contribution >= 0.6 is 0 Å². The molecule has 0 N–H and O–H groups in total. The van der Waals surface area contributed by atoms with E-state index in [0.29, 0.717) is 30.0 Å². The molecule has 2 aromatic rings. The molecule has 0 unspecified atom stereocenters. The molecule has 0 bridgehead atoms. The number of rotatable bonds is 4. The normalized spacial score (nSPS) is 18.3. The molecular weight excluding hydrogens is 380 g/mol. The Hall–Kier alpha value is -2.67. The Balaban J connectivity index is 1.59. The topological polar surface area (TPSA) is 69.9 Å². The molecule has 30 heavy (non-hydrogen) atoms. The Morgan fingerprint density at radius 2 is 1.57 bits per heavy atom. The number of likely N-dealkylation sites (tertiary alicyclic amines) is 1. The highest BCUT2D eigenvalue weighted by atomic mass is 16.3. The molecule has 0 atom stereocenters. The zero-order valence-corrected chi connectivity index (χ0v) is 17.7. The van der Waals surface area contributed by atoms with Gasteiger partial charge in [0.1, 0.15) is 0 Å². The summed E-state index contributed by atoms with van der Waals surface area (Å²) in [6.07, 6.45) is 5.69. The van der Waals surface area contributed by atoms with Crippen molar-refractivity contribution in [3.8, 4) is 11.3 Å². The number of benzene rings is 1. The van der Waals surface area contributed by atoms with Crippen LogP contribution in [0, 0.1) is 0 Å². The van der Waals surface area contributed by atoms with Crippen molar-refractivity contribution in [3.05, 3.63) is 41.9 Å². The maximum atomic E-state index is 13.3. The Morgan fingerprint density at radius 3 is 2.27 bits per heavy atom. The van der Waals surface area contributed by atoms with E-state index < -0.39 is 0 Å². The molecule has 4 rings (SSSR count). The van der Waals surface area contributed by atoms with E-state index in [1.54, 1.807) is 0 Å². The van der Waals surface area contributed by atoms with Gasteiger partial charge in [-0.2, -0.15) is 0 Å². The Labute approximate surface area is 177 Å². The predicted molar refractivity (Wildman–Crippen MR) is 114 cm³/mol. The van der Waals surface area contributed by atoms with Crippen LogP contribution in [0.4, 0.5) is 0 Å². The molecule has 0 radical (unpaired) electrons. The minimum absolute atomic E-state index is 0.00106. The van der Waals surface area contributed by atoms with Crippen molar-refractivity contribution in [2.45, 2.75) is 32.6 Å². The van der Waals surface area contributed by atoms with Crippen molar-refractivity contribution < 1.29 is 14.0 Å². The Kier molecular flexibility index (Phi) is 6.47. The number of likely N-dealkylation sites (N-methyl/N-ethyl adjacent to an activating group) is 1. The van der Waals surface area contributed by atoms with E-state index in [4.69, 9.17) is 4.42 Å². The molecule has 160 valence electrons. The first kappa shape index (κ1) is 20.6. The SMILES string of the molecule is CCN1CCN(C(=O)c2ncoc2-c2ccccc2C(=O)N2CCCCCC2)CC1. The van der Waals surface area contributed by atoms with Crippen molar-refractivity contribution >= 4 is 11.8 Å². The first-order chi connectivity index (χ1) is 14.7. The van der Waals surface area contributed by atoms with Gasteiger partial charge < -0.3 is 19.1 Å². The van der Waals surface area contributed by atoms with Crippen molar-refractivity contribution in [2.24, 2.45) is 0 Å². The second-order valence-electron chi connectivity index (χ2n) is 8.01. The molecule has 2 saturated heterocycles. The summed E-state index contributed by atoms with van der Waals surface area (Å²) < 4.78 is 5.67. The number of piperazine rings is 1. The van der Waals surface area contributed by atoms with Crippen LogP contribution in [0.3, 0.4) is 0 Å². The average Bonchev–Trinajstić information content (AvgIpc) is 3.12. The fourth-order valence-corrected chi connectivity index (χ4v) is 4.32. The molecule has 1 aromatic heterocycles. The summed E-state index contributed by atoms with van der Waals surface area (Å²) in [5.74, 6) is 0.252. The molecule has 1 aromatic carbocycles. The lowest BCUT2D eigenvalue weighted by Gasteiger charge is -2.33. The highest BCUT2D eigenvalue weighted by Crippen LogP contribution is 2.29. The second-order valence-corrected chi connectivity index (χ2v) is 8.01. The molecule has 2 fully saturated rings. The molecule has 7 nitrogen and oxygen atoms in total. The second kappa shape index (κ2) is 9.43. The average molecular weight is 411 g/mol. The van der Waals surface area contributed by atoms with Gasteiger partial charge in [0.25, 0.3) is 11.8 Å². The first-order valence-electron chi connectivity index (χ1n) is 11.0. The maximum Gasteiger partial charge on any atom is 0.276 e. The molecule has 2 amide bonds. The summed E-state index contributed by atoms with van der Waals surface area (Å²) in [4.78, 5) is 36.8. The molecule has 0 spiro atoms. The quantitative estimate of drug-likeness (QED) is 0.775. The van der Waals surface area contributed by atoms with E-state index >= 15 is 0 Å². The monoisotopic (exact) mass is 410 g/mol. The first-order valence-corrected chi connectivity index (χ1v) is 11.0. The number of carbonyl (C=O) groups is 2. The van der Waals surface area contributed by atoms with Gasteiger partial charge in [-0.15, -0.1) is 0 Å². The summed E-state index contributed by atoms with van der Waals surface area (Å²) in [6.45, 7) is 7.74. The van der Waals surface area contributed by atoms with Crippen LogP contribution in [0.2, 0.25) is 0 Å². The number of amides is 2. The number of hydrogen-bond donors (Lipinski definition) is 0. The number of hydrogen-bond acceptors (Lipinski definition) is 5. The minimum atomic E-state index is -0.133. The van der Waals surface area contributed by atoms with E-state index in [2.05, 4.69) is 16.8 Å². The van der Waals surface area contributed by atoms with Crippen LogP contribution in [-0.4, -0.2) is 77.3 Å². The highest BCUT2D eigenvalue weighted by Gasteiger charge is 2.29. The molecular formula is C23H30N4O3. The standard InChI is InChI=1S/C23H30N4O3/c1-2-25-13-15-27(16-14-25)23(29)20-21(30-17-24-20)18-9-5-6-10-19(18)22(28)26-11-7-3-4-8-12-26/h5-6,9-10,17H,2-4,7-8,11-16H2,1H3. The molecule has 7 heteroatoms. The summed E-state index contributed by atoms with van der Waals surface area (Å²) in [7, 11) is 0. The van der Waals surface area contributed by atoms with Crippen LogP contribution in [0.15, 0.2) is 35.1 Å². The zero-order valence-electron chi connectivity index (χ0n) is 17.7. The van der Waals surface area contributed by atoms with Crippen LogP contribution in [0.1, 0.15) is 53.5 Å². The largest absolute Gasteiger partial charge is 0.443 e. The Morgan fingerprint density at radius 1 is 0.900 bits per heavy atom. The number of oxazole rings is 1. The van der Waals surface area contributed by atoms with Crippen molar-refractivity contribution in [2.75, 3.05) is 45.8 Å². The van der Waals surface area contributed by atoms with Gasteiger partial charge in [0.2, 0.25) is 0 Å². The zero-order chi connectivity index (χ0) is 20.9. The van der Waals surface area contributed by atoms with E-state index in [-0.39, 0.29) is 17.5 Å². The molecule has 2 aliphatic heterocycles. The lowest BCUT2D eigenvalue weighted by molar-refractivity contribution is 0.0638. The predicted octanol–water partition coefficient (Wildman–Crippen LogP) is 3.14. The summed E-state index contributed by atoms with van der Waals surface area (Å²) in [6, 6.07) is 7.39. The van der Waals surface area contributed by atoms with Gasteiger partial charge in [-0.25, -0.2) is 4.98 Å². The smallest absolute Gasteiger partial charge is 0.276 e. The third-order valence-corrected chi connectivity index (χ3v) is 6.17. The third-order valence-electron chi connectivity index (χ3n) is 6.17. The van der Waals surface area contributed by atoms with Crippen molar-refractivity contribution in [1.82, 2.24) is 19.7 Å². The third kappa shape index (κ3) is 4.26. The summed E-state index contributed by atoms with van der Waals surface area (Å²) in [5.41, 5.74) is 1.50. The lowest BCUT2D eigenvalue weighted by atomic mass is 10.0. The van der Waals surface area contributed by atoms with E-state index in [9.17, 15) is 9.59 Å². The minimum Gasteiger partial charge on any atom is -0.443 e. The summed E-state index contributed by atoms with van der Waals surface area (Å²) in [5, 5.41) is 0. The maximum absolute atomic E-state index is 13.3. The molecule has 0 saturated carbocycles. The van der Waals surface area contributed by atoms with Gasteiger partial charge in [0.05, 0.1) is 5.56 Å². The van der Waals surface area contributed by atoms with Crippen LogP contribution in [0.5, 0.6) is 0 Å². The van der Waals surface area contributed by atoms with Gasteiger partial charge in [-0.1, -0.05) is 38.0 Å². The van der Waals surface area contributed by atoms with Gasteiger partial charge >= 0.3 is 0 Å². The van der Waals surface area contributed by atoms with Crippen LogP contribution in [0.25, 0.3) is 11.3 Å². The highest BCUT2D eigenvalue weighted by molar-refractivity contribution is 6.04. The van der Waals surface area contributed by atoms with E-state index in [1.165, 1.54) is 6.39 Å². The fraction of sp³-hybridized carbons (Fsp3) is 0.522. The van der Waals surface area contributed by atoms with Crippen molar-refractivity contribution in [1.29, 1.82) is 0 Å². The fourth-order valence-electron chi connectivity index (χ4n) is 4.32. The molecule has 2 aliphatic rings. The molecule has 3 heterocycles. The van der Waals surface area contributed by atoms with Crippen molar-refractivity contribution in [3.63, 3.8) is 0 Å². The van der Waals surface area contributed by atoms with Crippen LogP contribution in [-0.2, 0) is 0 Å². The van der Waals surface area contributed by atoms with Gasteiger partial charge in [0.15, 0.2) is 17.8 Å².